The Balaban J connectivity index is 1.41. The molecule has 7 heteroatoms. The van der Waals surface area contributed by atoms with Crippen molar-refractivity contribution < 1.29 is 23.5 Å². The number of rotatable bonds is 2. The van der Waals surface area contributed by atoms with Crippen LogP contribution in [0.25, 0.3) is 0 Å². The van der Waals surface area contributed by atoms with Gasteiger partial charge >= 0.3 is 0 Å². The topological polar surface area (TPSA) is 59.1 Å². The minimum Gasteiger partial charge on any atom is -0.486 e. The van der Waals surface area contributed by atoms with Crippen molar-refractivity contribution >= 4 is 11.8 Å². The Morgan fingerprint density at radius 3 is 2.15 bits per heavy atom. The molecule has 0 radical (unpaired) electrons. The van der Waals surface area contributed by atoms with E-state index in [-0.39, 0.29) is 17.4 Å². The van der Waals surface area contributed by atoms with E-state index in [1.165, 1.54) is 12.1 Å². The normalized spacial score (nSPS) is 16.2. The fourth-order valence-corrected chi connectivity index (χ4v) is 3.28. The zero-order chi connectivity index (χ0) is 18.8. The Bertz CT molecular complexity index is 878. The largest absolute Gasteiger partial charge is 0.486 e. The van der Waals surface area contributed by atoms with E-state index < -0.39 is 5.82 Å². The minimum atomic E-state index is -0.530. The Morgan fingerprint density at radius 1 is 0.815 bits per heavy atom. The molecule has 0 bridgehead atoms. The molecule has 2 amide bonds. The third kappa shape index (κ3) is 3.45. The Hall–Kier alpha value is -3.09. The highest BCUT2D eigenvalue weighted by Crippen LogP contribution is 2.31. The summed E-state index contributed by atoms with van der Waals surface area (Å²) >= 11 is 0. The number of halogens is 1. The van der Waals surface area contributed by atoms with Crippen LogP contribution in [-0.2, 0) is 0 Å². The molecule has 2 aliphatic rings. The number of fused-ring (bicyclic) bond motifs is 1. The van der Waals surface area contributed by atoms with Gasteiger partial charge in [0.2, 0.25) is 0 Å². The SMILES string of the molecule is O=C(c1ccc2c(c1)OCCO2)N1CCN(C(=O)c2ccccc2F)CC1. The molecule has 1 fully saturated rings. The van der Waals surface area contributed by atoms with Crippen LogP contribution in [0.4, 0.5) is 4.39 Å². The molecule has 4 rings (SSSR count). The average molecular weight is 370 g/mol. The molecular weight excluding hydrogens is 351 g/mol. The highest BCUT2D eigenvalue weighted by atomic mass is 19.1. The molecule has 2 aromatic carbocycles. The Kier molecular flexibility index (Phi) is 4.66. The first-order valence-electron chi connectivity index (χ1n) is 8.86. The van der Waals surface area contributed by atoms with E-state index in [9.17, 15) is 14.0 Å². The van der Waals surface area contributed by atoms with Crippen LogP contribution in [0.1, 0.15) is 20.7 Å². The lowest BCUT2D eigenvalue weighted by Crippen LogP contribution is -2.50. The van der Waals surface area contributed by atoms with Gasteiger partial charge in [-0.1, -0.05) is 12.1 Å². The van der Waals surface area contributed by atoms with Gasteiger partial charge in [-0.15, -0.1) is 0 Å². The van der Waals surface area contributed by atoms with Gasteiger partial charge in [0.1, 0.15) is 19.0 Å². The summed E-state index contributed by atoms with van der Waals surface area (Å²) in [7, 11) is 0. The molecular formula is C20H19FN2O4. The lowest BCUT2D eigenvalue weighted by atomic mass is 10.1. The van der Waals surface area contributed by atoms with Gasteiger partial charge in [0.25, 0.3) is 11.8 Å². The molecule has 2 aromatic rings. The van der Waals surface area contributed by atoms with Crippen molar-refractivity contribution in [2.75, 3.05) is 39.4 Å². The number of hydrogen-bond donors (Lipinski definition) is 0. The quantitative estimate of drug-likeness (QED) is 0.813. The molecule has 27 heavy (non-hydrogen) atoms. The molecule has 0 atom stereocenters. The molecule has 1 saturated heterocycles. The van der Waals surface area contributed by atoms with E-state index in [0.717, 1.165) is 0 Å². The van der Waals surface area contributed by atoms with Gasteiger partial charge in [-0.05, 0) is 30.3 Å². The first-order valence-corrected chi connectivity index (χ1v) is 8.86. The molecule has 2 heterocycles. The molecule has 0 unspecified atom stereocenters. The number of carbonyl (C=O) groups excluding carboxylic acids is 2. The Labute approximate surface area is 156 Å². The highest BCUT2D eigenvalue weighted by Gasteiger charge is 2.27. The van der Waals surface area contributed by atoms with E-state index in [4.69, 9.17) is 9.47 Å². The van der Waals surface area contributed by atoms with Gasteiger partial charge < -0.3 is 19.3 Å². The Morgan fingerprint density at radius 2 is 1.44 bits per heavy atom. The minimum absolute atomic E-state index is 0.0594. The number of amides is 2. The number of hydrogen-bond acceptors (Lipinski definition) is 4. The van der Waals surface area contributed by atoms with Crippen molar-refractivity contribution in [1.29, 1.82) is 0 Å². The van der Waals surface area contributed by atoms with Gasteiger partial charge in [0.05, 0.1) is 5.56 Å². The van der Waals surface area contributed by atoms with E-state index in [1.54, 1.807) is 40.1 Å². The van der Waals surface area contributed by atoms with Gasteiger partial charge in [0.15, 0.2) is 11.5 Å². The number of ether oxygens (including phenoxy) is 2. The molecule has 6 nitrogen and oxygen atoms in total. The van der Waals surface area contributed by atoms with Crippen LogP contribution < -0.4 is 9.47 Å². The second-order valence-electron chi connectivity index (χ2n) is 6.42. The summed E-state index contributed by atoms with van der Waals surface area (Å²) < 4.78 is 24.8. The summed E-state index contributed by atoms with van der Waals surface area (Å²) in [5.74, 6) is 0.209. The maximum absolute atomic E-state index is 13.8. The molecule has 0 saturated carbocycles. The van der Waals surface area contributed by atoms with Crippen LogP contribution in [-0.4, -0.2) is 61.0 Å². The summed E-state index contributed by atoms with van der Waals surface area (Å²) in [5.41, 5.74) is 0.581. The number of benzene rings is 2. The maximum Gasteiger partial charge on any atom is 0.256 e. The lowest BCUT2D eigenvalue weighted by molar-refractivity contribution is 0.0532. The lowest BCUT2D eigenvalue weighted by Gasteiger charge is -2.35. The first kappa shape index (κ1) is 17.3. The standard InChI is InChI=1S/C20H19FN2O4/c21-16-4-2-1-3-15(16)20(25)23-9-7-22(8-10-23)19(24)14-5-6-17-18(13-14)27-12-11-26-17/h1-6,13H,7-12H2. The van der Waals surface area contributed by atoms with Crippen LogP contribution in [0.2, 0.25) is 0 Å². The summed E-state index contributed by atoms with van der Waals surface area (Å²) in [5, 5.41) is 0. The monoisotopic (exact) mass is 370 g/mol. The van der Waals surface area contributed by atoms with Crippen LogP contribution in [0.5, 0.6) is 11.5 Å². The summed E-state index contributed by atoms with van der Waals surface area (Å²) in [4.78, 5) is 28.5. The second-order valence-corrected chi connectivity index (χ2v) is 6.42. The summed E-state index contributed by atoms with van der Waals surface area (Å²) in [6.07, 6.45) is 0. The van der Waals surface area contributed by atoms with Crippen LogP contribution in [0, 0.1) is 5.82 Å². The van der Waals surface area contributed by atoms with E-state index in [0.29, 0.717) is 56.5 Å². The van der Waals surface area contributed by atoms with Crippen LogP contribution in [0.15, 0.2) is 42.5 Å². The van der Waals surface area contributed by atoms with Crippen LogP contribution >= 0.6 is 0 Å². The fourth-order valence-electron chi connectivity index (χ4n) is 3.28. The molecule has 2 aliphatic heterocycles. The van der Waals surface area contributed by atoms with Crippen molar-refractivity contribution in [3.05, 3.63) is 59.4 Å². The summed E-state index contributed by atoms with van der Waals surface area (Å²) in [6.45, 7) is 2.48. The molecule has 0 aliphatic carbocycles. The van der Waals surface area contributed by atoms with Crippen LogP contribution in [0.3, 0.4) is 0 Å². The highest BCUT2D eigenvalue weighted by molar-refractivity contribution is 5.96. The van der Waals surface area contributed by atoms with Gasteiger partial charge in [-0.3, -0.25) is 9.59 Å². The van der Waals surface area contributed by atoms with Crippen molar-refractivity contribution in [1.82, 2.24) is 9.80 Å². The van der Waals surface area contributed by atoms with E-state index in [1.807, 2.05) is 0 Å². The van der Waals surface area contributed by atoms with Crippen molar-refractivity contribution in [3.8, 4) is 11.5 Å². The van der Waals surface area contributed by atoms with Crippen molar-refractivity contribution in [3.63, 3.8) is 0 Å². The third-order valence-corrected chi connectivity index (χ3v) is 4.75. The summed E-state index contributed by atoms with van der Waals surface area (Å²) in [6, 6.07) is 11.1. The average Bonchev–Trinajstić information content (AvgIpc) is 2.73. The van der Waals surface area contributed by atoms with Crippen molar-refractivity contribution in [2.45, 2.75) is 0 Å². The molecule has 0 aromatic heterocycles. The molecule has 0 N–H and O–H groups in total. The zero-order valence-corrected chi connectivity index (χ0v) is 14.7. The van der Waals surface area contributed by atoms with Crippen molar-refractivity contribution in [2.24, 2.45) is 0 Å². The number of nitrogens with zero attached hydrogens (tertiary/aromatic N) is 2. The van der Waals surface area contributed by atoms with Gasteiger partial charge in [-0.2, -0.15) is 0 Å². The molecule has 140 valence electrons. The van der Waals surface area contributed by atoms with Gasteiger partial charge in [0, 0.05) is 31.7 Å². The maximum atomic E-state index is 13.8. The molecule has 0 spiro atoms. The van der Waals surface area contributed by atoms with E-state index in [2.05, 4.69) is 0 Å². The zero-order valence-electron chi connectivity index (χ0n) is 14.7. The smallest absolute Gasteiger partial charge is 0.256 e. The third-order valence-electron chi connectivity index (χ3n) is 4.75. The first-order chi connectivity index (χ1) is 13.1. The fraction of sp³-hybridized carbons (Fsp3) is 0.300. The van der Waals surface area contributed by atoms with Gasteiger partial charge in [-0.25, -0.2) is 4.39 Å². The second kappa shape index (κ2) is 7.26. The predicted octanol–water partition coefficient (Wildman–Crippen LogP) is 2.20. The number of piperazine rings is 1. The number of carbonyl (C=O) groups is 2. The van der Waals surface area contributed by atoms with E-state index >= 15 is 0 Å². The predicted molar refractivity (Wildman–Crippen MR) is 95.6 cm³/mol.